The highest BCUT2D eigenvalue weighted by Gasteiger charge is 2.33. The molecule has 0 saturated carbocycles. The van der Waals surface area contributed by atoms with Crippen LogP contribution in [0.5, 0.6) is 11.5 Å². The summed E-state index contributed by atoms with van der Waals surface area (Å²) in [4.78, 5) is 13.6. The Kier molecular flexibility index (Phi) is 9.64. The quantitative estimate of drug-likeness (QED) is 0.150. The van der Waals surface area contributed by atoms with Crippen LogP contribution in [-0.2, 0) is 10.8 Å². The van der Waals surface area contributed by atoms with Gasteiger partial charge in [-0.1, -0.05) is 133 Å². The molecule has 9 aromatic rings. The average molecular weight is 820 g/mol. The van der Waals surface area contributed by atoms with Gasteiger partial charge in [-0.2, -0.15) is 0 Å². The maximum Gasteiger partial charge on any atom is 0.192 e. The highest BCUT2D eigenvalue weighted by Crippen LogP contribution is 2.52. The van der Waals surface area contributed by atoms with Gasteiger partial charge in [-0.05, 0) is 99.8 Å². The molecule has 0 N–H and O–H groups in total. The Morgan fingerprint density at radius 3 is 1.79 bits per heavy atom. The third-order valence-corrected chi connectivity index (χ3v) is 12.2. The Balaban J connectivity index is 1.08. The number of hydrogen-bond donors (Lipinski definition) is 0. The molecule has 0 amide bonds. The van der Waals surface area contributed by atoms with E-state index in [1.54, 1.807) is 0 Å². The summed E-state index contributed by atoms with van der Waals surface area (Å²) in [7, 11) is 0. The molecule has 0 aliphatic carbocycles. The minimum Gasteiger partial charge on any atom is -0.459 e. The number of para-hydroxylation sites is 3. The molecule has 0 bridgehead atoms. The van der Waals surface area contributed by atoms with Gasteiger partial charge < -0.3 is 14.5 Å². The van der Waals surface area contributed by atoms with Gasteiger partial charge in [-0.15, -0.1) is 0 Å². The van der Waals surface area contributed by atoms with Crippen LogP contribution in [0, 0.1) is 6.57 Å². The zero-order valence-corrected chi connectivity index (χ0v) is 36.6. The molecule has 3 heterocycles. The number of fused-ring (bicyclic) bond motifs is 4. The van der Waals surface area contributed by atoms with E-state index in [-0.39, 0.29) is 10.8 Å². The number of nitrogens with zero attached hydrogens (tertiary/aromatic N) is 5. The monoisotopic (exact) mass is 819 g/mol. The summed E-state index contributed by atoms with van der Waals surface area (Å²) in [5, 5.41) is 2.26. The molecule has 6 nitrogen and oxygen atoms in total. The molecule has 0 saturated heterocycles. The first kappa shape index (κ1) is 39.5. The van der Waals surface area contributed by atoms with Crippen LogP contribution < -0.4 is 14.5 Å². The zero-order valence-electron chi connectivity index (χ0n) is 36.6. The third-order valence-electron chi connectivity index (χ3n) is 12.2. The molecule has 7 aromatic carbocycles. The first-order chi connectivity index (χ1) is 30.4. The van der Waals surface area contributed by atoms with Crippen LogP contribution in [-0.4, -0.2) is 16.2 Å². The Morgan fingerprint density at radius 1 is 0.540 bits per heavy atom. The molecule has 1 aliphatic rings. The van der Waals surface area contributed by atoms with Crippen LogP contribution >= 0.6 is 0 Å². The van der Waals surface area contributed by atoms with Crippen molar-refractivity contribution >= 4 is 50.2 Å². The second kappa shape index (κ2) is 15.4. The van der Waals surface area contributed by atoms with Crippen molar-refractivity contribution in [2.45, 2.75) is 52.4 Å². The molecule has 0 spiro atoms. The predicted molar refractivity (Wildman–Crippen MR) is 262 cm³/mol. The fraction of sp³-hybridized carbons (Fsp3) is 0.158. The van der Waals surface area contributed by atoms with Crippen molar-refractivity contribution in [2.75, 3.05) is 16.5 Å². The second-order valence-corrected chi connectivity index (χ2v) is 18.5. The summed E-state index contributed by atoms with van der Waals surface area (Å²) in [5.41, 5.74) is 13.8. The molecule has 2 aromatic heterocycles. The summed E-state index contributed by atoms with van der Waals surface area (Å²) >= 11 is 0. The molecule has 1 aliphatic heterocycles. The lowest BCUT2D eigenvalue weighted by molar-refractivity contribution is 0.483. The molecule has 0 unspecified atom stereocenters. The molecule has 0 fully saturated rings. The number of anilines is 4. The van der Waals surface area contributed by atoms with Crippen molar-refractivity contribution in [1.82, 2.24) is 9.55 Å². The van der Waals surface area contributed by atoms with E-state index in [1.807, 2.05) is 24.4 Å². The van der Waals surface area contributed by atoms with Crippen molar-refractivity contribution in [3.05, 3.63) is 199 Å². The largest absolute Gasteiger partial charge is 0.459 e. The highest BCUT2D eigenvalue weighted by atomic mass is 16.5. The van der Waals surface area contributed by atoms with Gasteiger partial charge in [0.25, 0.3) is 0 Å². The lowest BCUT2D eigenvalue weighted by Crippen LogP contribution is -2.25. The van der Waals surface area contributed by atoms with Gasteiger partial charge in [-0.25, -0.2) is 9.83 Å². The number of ether oxygens (including phenoxy) is 1. The first-order valence-corrected chi connectivity index (χ1v) is 21.6. The van der Waals surface area contributed by atoms with E-state index < -0.39 is 0 Å². The minimum atomic E-state index is -0.0769. The number of benzene rings is 7. The van der Waals surface area contributed by atoms with E-state index in [9.17, 15) is 0 Å². The van der Waals surface area contributed by atoms with E-state index >= 15 is 0 Å². The SMILES string of the molecule is [C-]#[N+]c1cc(Oc2ccc3c4ccccc4n(-c4cc(C(C)(C)C)ccn4)c3c2)cc(N2CN(c3c(-c4ccccc4)cc(C(C)(C)C)cc3-c3ccccc3)c3ccccc32)c1. The smallest absolute Gasteiger partial charge is 0.192 e. The van der Waals surface area contributed by atoms with Crippen LogP contribution in [0.2, 0.25) is 0 Å². The molecule has 308 valence electrons. The first-order valence-electron chi connectivity index (χ1n) is 21.6. The summed E-state index contributed by atoms with van der Waals surface area (Å²) < 4.78 is 9.00. The van der Waals surface area contributed by atoms with Gasteiger partial charge in [0.2, 0.25) is 0 Å². The van der Waals surface area contributed by atoms with Gasteiger partial charge in [-0.3, -0.25) is 4.57 Å². The van der Waals surface area contributed by atoms with Crippen LogP contribution in [0.3, 0.4) is 0 Å². The Hall–Kier alpha value is -7.62. The van der Waals surface area contributed by atoms with Gasteiger partial charge >= 0.3 is 0 Å². The van der Waals surface area contributed by atoms with Crippen molar-refractivity contribution in [1.29, 1.82) is 0 Å². The van der Waals surface area contributed by atoms with Gasteiger partial charge in [0.15, 0.2) is 5.69 Å². The van der Waals surface area contributed by atoms with Gasteiger partial charge in [0.05, 0.1) is 34.7 Å². The Bertz CT molecular complexity index is 3160. The molecule has 10 rings (SSSR count). The highest BCUT2D eigenvalue weighted by molar-refractivity contribution is 6.09. The van der Waals surface area contributed by atoms with Crippen molar-refractivity contribution in [2.24, 2.45) is 0 Å². The second-order valence-electron chi connectivity index (χ2n) is 18.5. The Labute approximate surface area is 370 Å². The van der Waals surface area contributed by atoms with Crippen molar-refractivity contribution < 1.29 is 4.74 Å². The van der Waals surface area contributed by atoms with Crippen LogP contribution in [0.15, 0.2) is 176 Å². The third kappa shape index (κ3) is 7.26. The molecule has 0 radical (unpaired) electrons. The van der Waals surface area contributed by atoms with Crippen molar-refractivity contribution in [3.63, 3.8) is 0 Å². The Morgan fingerprint density at radius 2 is 1.14 bits per heavy atom. The summed E-state index contributed by atoms with van der Waals surface area (Å²) in [6.07, 6.45) is 1.90. The molecule has 0 atom stereocenters. The van der Waals surface area contributed by atoms with E-state index in [2.05, 4.69) is 212 Å². The molecule has 63 heavy (non-hydrogen) atoms. The van der Waals surface area contributed by atoms with Gasteiger partial charge in [0, 0.05) is 45.9 Å². The lowest BCUT2D eigenvalue weighted by atomic mass is 9.82. The number of hydrogen-bond acceptors (Lipinski definition) is 4. The van der Waals surface area contributed by atoms with E-state index in [1.165, 1.54) is 22.3 Å². The fourth-order valence-corrected chi connectivity index (χ4v) is 8.91. The minimum absolute atomic E-state index is 0.0332. The van der Waals surface area contributed by atoms with Crippen LogP contribution in [0.4, 0.5) is 28.4 Å². The standard InChI is InChI=1S/C57H49N5O/c1-56(2,3)40-28-29-59-54(32-40)62-50-23-15-14-22-46(50)47-27-26-44(36-53(47)62)63-45-34-42(58-7)33-43(35-45)60-37-61(52-25-17-16-24-51(52)60)55-48(38-18-10-8-11-19-38)30-41(57(4,5)6)31-49(55)39-20-12-9-13-21-39/h8-36H,37H2,1-6H3. The van der Waals surface area contributed by atoms with Crippen LogP contribution in [0.25, 0.3) is 54.7 Å². The van der Waals surface area contributed by atoms with E-state index in [4.69, 9.17) is 16.3 Å². The number of pyridine rings is 1. The normalized spacial score (nSPS) is 12.8. The molecular formula is C57H49N5O. The molecule has 6 heteroatoms. The predicted octanol–water partition coefficient (Wildman–Crippen LogP) is 15.7. The van der Waals surface area contributed by atoms with E-state index in [0.29, 0.717) is 23.9 Å². The topological polar surface area (TPSA) is 37.9 Å². The van der Waals surface area contributed by atoms with Gasteiger partial charge in [0.1, 0.15) is 24.0 Å². The zero-order chi connectivity index (χ0) is 43.5. The number of aromatic nitrogens is 2. The summed E-state index contributed by atoms with van der Waals surface area (Å²) in [5.74, 6) is 2.13. The van der Waals surface area contributed by atoms with E-state index in [0.717, 1.165) is 61.5 Å². The summed E-state index contributed by atoms with van der Waals surface area (Å²) in [6.45, 7) is 22.3. The maximum atomic E-state index is 8.21. The van der Waals surface area contributed by atoms with Crippen molar-refractivity contribution in [3.8, 4) is 39.6 Å². The summed E-state index contributed by atoms with van der Waals surface area (Å²) in [6, 6.07) is 59.6. The molecular weight excluding hydrogens is 771 g/mol. The average Bonchev–Trinajstić information content (AvgIpc) is 3.84. The van der Waals surface area contributed by atoms with Crippen LogP contribution in [0.1, 0.15) is 52.7 Å². The lowest BCUT2D eigenvalue weighted by Gasteiger charge is -2.30. The fourth-order valence-electron chi connectivity index (χ4n) is 8.91. The number of rotatable bonds is 7. The maximum absolute atomic E-state index is 8.21.